The average Bonchev–Trinajstić information content (AvgIpc) is 3.71. The minimum atomic E-state index is -0.504. The normalized spacial score (nSPS) is 11.8. The molecule has 0 fully saturated rings. The Morgan fingerprint density at radius 3 is 1.52 bits per heavy atom. The molecule has 0 aromatic heterocycles. The Kier molecular flexibility index (Phi) is 69.0. The van der Waals surface area contributed by atoms with E-state index in [1.54, 1.807) is 13.3 Å². The van der Waals surface area contributed by atoms with Gasteiger partial charge in [0.1, 0.15) is 13.2 Å². The molecule has 0 spiro atoms. The number of nitrogens with zero attached hydrogens (tertiary/aromatic N) is 2. The van der Waals surface area contributed by atoms with E-state index in [-0.39, 0.29) is 78.9 Å². The Morgan fingerprint density at radius 2 is 1.04 bits per heavy atom. The molecular formula is C65H133IN14O11. The topological polar surface area (TPSA) is 387 Å². The van der Waals surface area contributed by atoms with Crippen molar-refractivity contribution in [2.75, 3.05) is 90.7 Å². The quantitative estimate of drug-likeness (QED) is 0.00673. The van der Waals surface area contributed by atoms with Crippen molar-refractivity contribution in [1.82, 2.24) is 53.2 Å². The Balaban J connectivity index is -0.000000438. The summed E-state index contributed by atoms with van der Waals surface area (Å²) in [6.45, 7) is 25.8. The van der Waals surface area contributed by atoms with Gasteiger partial charge in [-0.25, -0.2) is 33.8 Å². The summed E-state index contributed by atoms with van der Waals surface area (Å²) in [6.07, 6.45) is 28.7. The number of rotatable bonds is 46. The summed E-state index contributed by atoms with van der Waals surface area (Å²) in [5.41, 5.74) is 10.3. The minimum Gasteiger partial charge on any atom is -0.447 e. The summed E-state index contributed by atoms with van der Waals surface area (Å²) < 4.78 is 16.1. The number of nitrogens with two attached hydrogens (primary N) is 2. The van der Waals surface area contributed by atoms with Gasteiger partial charge in [0, 0.05) is 64.7 Å². The Morgan fingerprint density at radius 1 is 0.593 bits per heavy atom. The van der Waals surface area contributed by atoms with Gasteiger partial charge in [-0.15, -0.1) is 0 Å². The number of nitriles is 1. The highest BCUT2D eigenvalue weighted by molar-refractivity contribution is 14.1. The second kappa shape index (κ2) is 67.9. The molecule has 0 radical (unpaired) electrons. The molecule has 0 saturated heterocycles. The van der Waals surface area contributed by atoms with Crippen LogP contribution < -0.4 is 64.6 Å². The fraction of sp³-hybridized carbons (Fsp3) is 0.877. The SMILES string of the molecule is CC(C)(C)CCCCCCNC(=O)NC(CCCCNC(=O)NC(C)(C)C)COC(=O)NCCCCCCNC(=O)C(C)(C)C.CCCCCCCNC(=O)NC(CO)CCCCNC(=O)NC.N#COCCCCCCN=C=O.NCCCCC(N)CO.[2H]CI. The van der Waals surface area contributed by atoms with E-state index < -0.39 is 6.09 Å². The van der Waals surface area contributed by atoms with Crippen LogP contribution in [0.3, 0.4) is 0 Å². The van der Waals surface area contributed by atoms with E-state index in [0.717, 1.165) is 135 Å². The number of amides is 10. The van der Waals surface area contributed by atoms with Gasteiger partial charge in [-0.2, -0.15) is 5.26 Å². The number of nitrogens with one attached hydrogen (secondary N) is 10. The molecule has 16 N–H and O–H groups in total. The van der Waals surface area contributed by atoms with Gasteiger partial charge in [0.05, 0.1) is 31.8 Å². The van der Waals surface area contributed by atoms with Gasteiger partial charge >= 0.3 is 30.2 Å². The number of hydrogen-bond donors (Lipinski definition) is 14. The number of alkyl carbamates (subject to hydrolysis) is 1. The molecule has 0 aliphatic carbocycles. The number of aliphatic hydroxyl groups excluding tert-OH is 2. The van der Waals surface area contributed by atoms with Gasteiger partial charge in [-0.05, 0) is 140 Å². The maximum atomic E-state index is 12.6. The van der Waals surface area contributed by atoms with Crippen LogP contribution in [0, 0.1) is 22.3 Å². The fourth-order valence-corrected chi connectivity index (χ4v) is 7.99. The highest BCUT2D eigenvalue weighted by Gasteiger charge is 2.21. The monoisotopic (exact) mass is 1410 g/mol. The van der Waals surface area contributed by atoms with E-state index in [1.807, 2.05) is 64.1 Å². The van der Waals surface area contributed by atoms with E-state index >= 15 is 0 Å². The zero-order valence-electron chi connectivity index (χ0n) is 59.5. The van der Waals surface area contributed by atoms with Crippen molar-refractivity contribution >= 4 is 64.8 Å². The standard InChI is InChI=1S/C34H68N6O5.C16H34N4O3.C8H12N2O2.C6H16N2O.CH3I/c1-32(2,3)21-15-10-11-17-23-36-29(42)39-27(20-14-19-24-37-30(43)40-34(7,8)9)26-45-31(44)38-25-18-13-12-16-22-35-28(41)33(4,5)6;1-3-4-5-6-8-11-19-16(23)20-14(13-21)10-7-9-12-18-15(22)17-2;9-7-12-6-4-2-1-3-5-10-8-11;7-4-2-1-3-6(8)5-9;1-2/h27H,10-26H2,1-9H3,(H,35,41)(H,38,44)(H2,36,39,42)(H2,37,40,43);14,21H,3-13H2,1-2H3,(H2,17,18,22)(H2,19,20,23);1-6H2;6,9H,1-5,7-8H2;1H3/i;;;;1D. The highest BCUT2D eigenvalue weighted by Crippen LogP contribution is 2.22. The first kappa shape index (κ1) is 92.5. The number of isocyanates is 1. The first-order valence-electron chi connectivity index (χ1n) is 34.2. The van der Waals surface area contributed by atoms with E-state index in [4.69, 9.17) is 27.9 Å². The predicted molar refractivity (Wildman–Crippen MR) is 377 cm³/mol. The largest absolute Gasteiger partial charge is 0.447 e. The Labute approximate surface area is 565 Å². The van der Waals surface area contributed by atoms with Crippen LogP contribution in [0.2, 0.25) is 0 Å². The molecule has 0 aromatic rings. The third-order valence-corrected chi connectivity index (χ3v) is 13.3. The summed E-state index contributed by atoms with van der Waals surface area (Å²) in [4.78, 5) is 84.9. The summed E-state index contributed by atoms with van der Waals surface area (Å²) in [7, 11) is 1.57. The predicted octanol–water partition coefficient (Wildman–Crippen LogP) is 9.95. The van der Waals surface area contributed by atoms with Crippen molar-refractivity contribution in [2.45, 2.75) is 266 Å². The van der Waals surface area contributed by atoms with Crippen LogP contribution in [-0.4, -0.2) is 167 Å². The van der Waals surface area contributed by atoms with Crippen molar-refractivity contribution in [3.05, 3.63) is 0 Å². The highest BCUT2D eigenvalue weighted by atomic mass is 127. The summed E-state index contributed by atoms with van der Waals surface area (Å²) in [5, 5.41) is 53.9. The summed E-state index contributed by atoms with van der Waals surface area (Å²) in [5.74, 6) is 0.0550. The van der Waals surface area contributed by atoms with Crippen molar-refractivity contribution in [2.24, 2.45) is 27.3 Å². The van der Waals surface area contributed by atoms with Crippen molar-refractivity contribution in [3.63, 3.8) is 0 Å². The van der Waals surface area contributed by atoms with Crippen LogP contribution in [0.15, 0.2) is 4.99 Å². The number of ether oxygens (including phenoxy) is 2. The smallest absolute Gasteiger partial charge is 0.407 e. The second-order valence-electron chi connectivity index (χ2n) is 25.6. The van der Waals surface area contributed by atoms with Crippen LogP contribution in [0.5, 0.6) is 0 Å². The molecule has 0 bridgehead atoms. The van der Waals surface area contributed by atoms with Crippen LogP contribution in [0.4, 0.5) is 24.0 Å². The Hall–Kier alpha value is -4.94. The van der Waals surface area contributed by atoms with Crippen molar-refractivity contribution < 1.29 is 54.6 Å². The maximum absolute atomic E-state index is 12.6. The van der Waals surface area contributed by atoms with E-state index in [2.05, 4.69) is 90.6 Å². The summed E-state index contributed by atoms with van der Waals surface area (Å²) in [6, 6.07) is -1.51. The van der Waals surface area contributed by atoms with E-state index in [9.17, 15) is 38.7 Å². The first-order valence-corrected chi connectivity index (χ1v) is 35.1. The third kappa shape index (κ3) is 81.1. The maximum Gasteiger partial charge on any atom is 0.407 e. The minimum absolute atomic E-state index is 0.0449. The van der Waals surface area contributed by atoms with E-state index in [0.29, 0.717) is 75.6 Å². The van der Waals surface area contributed by atoms with Crippen LogP contribution in [-0.2, 0) is 19.1 Å². The lowest BCUT2D eigenvalue weighted by molar-refractivity contribution is -0.128. The molecule has 3 unspecified atom stereocenters. The lowest BCUT2D eigenvalue weighted by Crippen LogP contribution is -2.46. The van der Waals surface area contributed by atoms with Crippen LogP contribution in [0.1, 0.15) is 244 Å². The fourth-order valence-electron chi connectivity index (χ4n) is 7.99. The number of alkyl halides is 1. The molecule has 91 heavy (non-hydrogen) atoms. The molecule has 26 heteroatoms. The lowest BCUT2D eigenvalue weighted by Gasteiger charge is -2.21. The number of aliphatic imine (C=N–C) groups is 1. The zero-order chi connectivity index (χ0) is 70.6. The molecule has 0 saturated carbocycles. The van der Waals surface area contributed by atoms with Gasteiger partial charge in [0.2, 0.25) is 12.0 Å². The molecule has 3 atom stereocenters. The van der Waals surface area contributed by atoms with Gasteiger partial charge in [-0.3, -0.25) is 4.79 Å². The number of urea groups is 4. The molecule has 0 aliphatic heterocycles. The number of aliphatic hydroxyl groups is 2. The van der Waals surface area contributed by atoms with E-state index in [1.165, 1.54) is 38.2 Å². The average molecular weight is 1410 g/mol. The second-order valence-corrected chi connectivity index (χ2v) is 25.6. The number of carbonyl (C=O) groups is 6. The Bertz CT molecular complexity index is 1850. The molecule has 0 rings (SSSR count). The molecule has 10 amide bonds. The van der Waals surface area contributed by atoms with Gasteiger partial charge in [-0.1, -0.05) is 142 Å². The molecule has 536 valence electrons. The first-order chi connectivity index (χ1) is 43.7. The number of unbranched alkanes of at least 4 members (excludes halogenated alkanes) is 16. The number of carbonyl (C=O) groups excluding carboxylic acids is 7. The molecule has 0 aliphatic rings. The zero-order valence-corrected chi connectivity index (χ0v) is 60.7. The van der Waals surface area contributed by atoms with Crippen molar-refractivity contribution in [1.29, 1.82) is 5.26 Å². The van der Waals surface area contributed by atoms with Crippen LogP contribution >= 0.6 is 22.6 Å². The van der Waals surface area contributed by atoms with Gasteiger partial charge < -0.3 is 84.3 Å². The lowest BCUT2D eigenvalue weighted by atomic mass is 9.89. The van der Waals surface area contributed by atoms with Gasteiger partial charge in [0.25, 0.3) is 6.26 Å². The molecule has 25 nitrogen and oxygen atoms in total. The molecule has 0 aromatic carbocycles. The van der Waals surface area contributed by atoms with Crippen LogP contribution in [0.25, 0.3) is 0 Å². The number of halogens is 1. The number of hydrogen-bond acceptors (Lipinski definition) is 15. The third-order valence-electron chi connectivity index (χ3n) is 13.3. The molecule has 0 heterocycles. The molecular weight excluding hydrogens is 1280 g/mol. The summed E-state index contributed by atoms with van der Waals surface area (Å²) >= 11 is 1.96. The van der Waals surface area contributed by atoms with Gasteiger partial charge in [0.15, 0.2) is 0 Å². The van der Waals surface area contributed by atoms with Crippen molar-refractivity contribution in [3.8, 4) is 6.26 Å².